The molecule has 6 heteroatoms. The fourth-order valence-corrected chi connectivity index (χ4v) is 3.54. The minimum absolute atomic E-state index is 0.0680. The van der Waals surface area contributed by atoms with Crippen LogP contribution in [0.15, 0.2) is 53.0 Å². The number of Topliss-reactive ketones (excluding diaryl/α,β-unsaturated/α-hetero) is 1. The first kappa shape index (κ1) is 20.3. The van der Waals surface area contributed by atoms with Gasteiger partial charge in [0.25, 0.3) is 5.91 Å². The van der Waals surface area contributed by atoms with Gasteiger partial charge in [-0.15, -0.1) is 0 Å². The number of anilines is 1. The van der Waals surface area contributed by atoms with Crippen LogP contribution < -0.4 is 10.6 Å². The largest absolute Gasteiger partial charge is 0.349 e. The van der Waals surface area contributed by atoms with E-state index in [-0.39, 0.29) is 36.5 Å². The Labute approximate surface area is 173 Å². The second-order valence-corrected chi connectivity index (χ2v) is 7.93. The molecule has 0 bridgehead atoms. The van der Waals surface area contributed by atoms with E-state index in [4.69, 9.17) is 0 Å². The Kier molecular flexibility index (Phi) is 6.98. The zero-order valence-electron chi connectivity index (χ0n) is 15.5. The average Bonchev–Trinajstić information content (AvgIpc) is 3.20. The molecule has 28 heavy (non-hydrogen) atoms. The summed E-state index contributed by atoms with van der Waals surface area (Å²) in [4.78, 5) is 36.5. The summed E-state index contributed by atoms with van der Waals surface area (Å²) in [6, 6.07) is 14.2. The third-order valence-corrected chi connectivity index (χ3v) is 5.40. The smallest absolute Gasteiger partial charge is 0.251 e. The SMILES string of the molecule is O=C(CCC(=O)c1ccc(Br)cc1)Nc1ccc(C(=O)NC2CCCC2)cc1. The molecule has 0 saturated heterocycles. The summed E-state index contributed by atoms with van der Waals surface area (Å²) in [5, 5.41) is 5.81. The van der Waals surface area contributed by atoms with Gasteiger partial charge in [0, 0.05) is 40.2 Å². The highest BCUT2D eigenvalue weighted by Crippen LogP contribution is 2.19. The standard InChI is InChI=1S/C22H23BrN2O3/c23-17-9-5-15(6-10-17)20(26)13-14-21(27)24-19-11-7-16(8-12-19)22(28)25-18-3-1-2-4-18/h5-12,18H,1-4,13-14H2,(H,24,27)(H,25,28). The lowest BCUT2D eigenvalue weighted by Crippen LogP contribution is -2.32. The molecule has 2 amide bonds. The van der Waals surface area contributed by atoms with Gasteiger partial charge < -0.3 is 10.6 Å². The first-order chi connectivity index (χ1) is 13.5. The number of benzene rings is 2. The highest BCUT2D eigenvalue weighted by molar-refractivity contribution is 9.10. The van der Waals surface area contributed by atoms with E-state index in [1.54, 1.807) is 48.5 Å². The minimum atomic E-state index is -0.228. The average molecular weight is 443 g/mol. The molecule has 0 aliphatic heterocycles. The summed E-state index contributed by atoms with van der Waals surface area (Å²) in [5.74, 6) is -0.375. The number of amides is 2. The number of halogens is 1. The van der Waals surface area contributed by atoms with Gasteiger partial charge in [-0.05, 0) is 49.2 Å². The number of carbonyl (C=O) groups excluding carboxylic acids is 3. The summed E-state index contributed by atoms with van der Waals surface area (Å²) < 4.78 is 0.905. The lowest BCUT2D eigenvalue weighted by Gasteiger charge is -2.12. The normalized spacial score (nSPS) is 13.9. The van der Waals surface area contributed by atoms with E-state index < -0.39 is 0 Å². The Bertz CT molecular complexity index is 841. The van der Waals surface area contributed by atoms with Crippen LogP contribution in [0.25, 0.3) is 0 Å². The van der Waals surface area contributed by atoms with Crippen LogP contribution >= 0.6 is 15.9 Å². The third kappa shape index (κ3) is 5.76. The molecule has 146 valence electrons. The maximum absolute atomic E-state index is 12.2. The molecule has 1 aliphatic rings. The van der Waals surface area contributed by atoms with E-state index in [1.807, 2.05) is 0 Å². The second kappa shape index (κ2) is 9.64. The molecule has 0 atom stereocenters. The Morgan fingerprint density at radius 2 is 1.46 bits per heavy atom. The number of ketones is 1. The van der Waals surface area contributed by atoms with Crippen molar-refractivity contribution in [2.24, 2.45) is 0 Å². The zero-order chi connectivity index (χ0) is 19.9. The van der Waals surface area contributed by atoms with E-state index in [0.29, 0.717) is 16.8 Å². The Balaban J connectivity index is 1.46. The molecule has 1 fully saturated rings. The van der Waals surface area contributed by atoms with E-state index in [1.165, 1.54) is 12.8 Å². The van der Waals surface area contributed by atoms with Crippen LogP contribution in [0.1, 0.15) is 59.2 Å². The van der Waals surface area contributed by atoms with Gasteiger partial charge in [-0.3, -0.25) is 14.4 Å². The number of hydrogen-bond acceptors (Lipinski definition) is 3. The van der Waals surface area contributed by atoms with Gasteiger partial charge in [0.2, 0.25) is 5.91 Å². The highest BCUT2D eigenvalue weighted by Gasteiger charge is 2.18. The Morgan fingerprint density at radius 1 is 0.857 bits per heavy atom. The third-order valence-electron chi connectivity index (χ3n) is 4.87. The van der Waals surface area contributed by atoms with Crippen molar-refractivity contribution in [3.05, 3.63) is 64.1 Å². The topological polar surface area (TPSA) is 75.3 Å². The molecule has 2 aromatic carbocycles. The molecule has 2 aromatic rings. The fraction of sp³-hybridized carbons (Fsp3) is 0.318. The van der Waals surface area contributed by atoms with Crippen LogP contribution in [0, 0.1) is 0 Å². The van der Waals surface area contributed by atoms with Gasteiger partial charge >= 0.3 is 0 Å². The van der Waals surface area contributed by atoms with Crippen molar-refractivity contribution >= 4 is 39.2 Å². The lowest BCUT2D eigenvalue weighted by atomic mass is 10.1. The van der Waals surface area contributed by atoms with Crippen molar-refractivity contribution in [3.8, 4) is 0 Å². The van der Waals surface area contributed by atoms with Crippen LogP contribution in [0.5, 0.6) is 0 Å². The minimum Gasteiger partial charge on any atom is -0.349 e. The summed E-state index contributed by atoms with van der Waals surface area (Å²) in [7, 11) is 0. The summed E-state index contributed by atoms with van der Waals surface area (Å²) in [6.45, 7) is 0. The van der Waals surface area contributed by atoms with Crippen LogP contribution in [-0.4, -0.2) is 23.6 Å². The van der Waals surface area contributed by atoms with E-state index >= 15 is 0 Å². The predicted octanol–water partition coefficient (Wildman–Crippen LogP) is 4.72. The summed E-state index contributed by atoms with van der Waals surface area (Å²) in [6.07, 6.45) is 4.67. The van der Waals surface area contributed by atoms with Crippen LogP contribution in [0.3, 0.4) is 0 Å². The maximum Gasteiger partial charge on any atom is 0.251 e. The fourth-order valence-electron chi connectivity index (χ4n) is 3.27. The first-order valence-electron chi connectivity index (χ1n) is 9.51. The monoisotopic (exact) mass is 442 g/mol. The van der Waals surface area contributed by atoms with E-state index in [9.17, 15) is 14.4 Å². The number of hydrogen-bond donors (Lipinski definition) is 2. The quantitative estimate of drug-likeness (QED) is 0.608. The Hall–Kier alpha value is -2.47. The highest BCUT2D eigenvalue weighted by atomic mass is 79.9. The van der Waals surface area contributed by atoms with Crippen molar-refractivity contribution in [2.45, 2.75) is 44.6 Å². The molecule has 0 radical (unpaired) electrons. The molecule has 0 unspecified atom stereocenters. The molecule has 0 heterocycles. The molecule has 1 saturated carbocycles. The molecule has 3 rings (SSSR count). The molecule has 2 N–H and O–H groups in total. The van der Waals surface area contributed by atoms with Crippen LogP contribution in [0.2, 0.25) is 0 Å². The lowest BCUT2D eigenvalue weighted by molar-refractivity contribution is -0.116. The van der Waals surface area contributed by atoms with Crippen molar-refractivity contribution in [3.63, 3.8) is 0 Å². The number of carbonyl (C=O) groups is 3. The van der Waals surface area contributed by atoms with Gasteiger partial charge in [0.15, 0.2) is 5.78 Å². The van der Waals surface area contributed by atoms with Crippen molar-refractivity contribution < 1.29 is 14.4 Å². The summed E-state index contributed by atoms with van der Waals surface area (Å²) in [5.41, 5.74) is 1.78. The van der Waals surface area contributed by atoms with Crippen molar-refractivity contribution in [1.82, 2.24) is 5.32 Å². The van der Waals surface area contributed by atoms with Crippen LogP contribution in [0.4, 0.5) is 5.69 Å². The second-order valence-electron chi connectivity index (χ2n) is 7.01. The molecule has 0 spiro atoms. The predicted molar refractivity (Wildman–Crippen MR) is 113 cm³/mol. The van der Waals surface area contributed by atoms with Gasteiger partial charge in [-0.1, -0.05) is 40.9 Å². The van der Waals surface area contributed by atoms with Gasteiger partial charge in [-0.2, -0.15) is 0 Å². The first-order valence-corrected chi connectivity index (χ1v) is 10.3. The van der Waals surface area contributed by atoms with Crippen LogP contribution in [-0.2, 0) is 4.79 Å². The number of rotatable bonds is 7. The van der Waals surface area contributed by atoms with Gasteiger partial charge in [0.05, 0.1) is 0 Å². The molecule has 0 aromatic heterocycles. The molecule has 5 nitrogen and oxygen atoms in total. The molecular formula is C22H23BrN2O3. The van der Waals surface area contributed by atoms with Crippen molar-refractivity contribution in [2.75, 3.05) is 5.32 Å². The summed E-state index contributed by atoms with van der Waals surface area (Å²) >= 11 is 3.33. The molecule has 1 aliphatic carbocycles. The maximum atomic E-state index is 12.2. The number of nitrogens with one attached hydrogen (secondary N) is 2. The van der Waals surface area contributed by atoms with E-state index in [2.05, 4.69) is 26.6 Å². The van der Waals surface area contributed by atoms with E-state index in [0.717, 1.165) is 17.3 Å². The van der Waals surface area contributed by atoms with Gasteiger partial charge in [0.1, 0.15) is 0 Å². The van der Waals surface area contributed by atoms with Gasteiger partial charge in [-0.25, -0.2) is 0 Å². The zero-order valence-corrected chi connectivity index (χ0v) is 17.1. The van der Waals surface area contributed by atoms with Crippen molar-refractivity contribution in [1.29, 1.82) is 0 Å². The molecular weight excluding hydrogens is 420 g/mol. The Morgan fingerprint density at radius 3 is 2.11 bits per heavy atom.